The SMILES string of the molecule is CCCNC(=O)CN(C)C(=O)CNC(C)c1ccccc1Cl. The van der Waals surface area contributed by atoms with Crippen molar-refractivity contribution in [2.45, 2.75) is 26.3 Å². The molecule has 122 valence electrons. The molecule has 0 spiro atoms. The Kier molecular flexibility index (Phi) is 7.91. The third kappa shape index (κ3) is 6.03. The summed E-state index contributed by atoms with van der Waals surface area (Å²) in [6.45, 7) is 4.78. The first kappa shape index (κ1) is 18.5. The molecule has 0 aliphatic heterocycles. The largest absolute Gasteiger partial charge is 0.355 e. The highest BCUT2D eigenvalue weighted by atomic mass is 35.5. The summed E-state index contributed by atoms with van der Waals surface area (Å²) in [5.41, 5.74) is 0.945. The molecule has 0 saturated heterocycles. The maximum Gasteiger partial charge on any atom is 0.239 e. The Morgan fingerprint density at radius 3 is 2.64 bits per heavy atom. The van der Waals surface area contributed by atoms with Crippen molar-refractivity contribution >= 4 is 23.4 Å². The maximum absolute atomic E-state index is 12.0. The van der Waals surface area contributed by atoms with Crippen molar-refractivity contribution in [3.05, 3.63) is 34.9 Å². The van der Waals surface area contributed by atoms with Gasteiger partial charge in [-0.05, 0) is 25.0 Å². The second-order valence-electron chi connectivity index (χ2n) is 5.22. The summed E-state index contributed by atoms with van der Waals surface area (Å²) in [4.78, 5) is 25.0. The van der Waals surface area contributed by atoms with Crippen molar-refractivity contribution in [1.82, 2.24) is 15.5 Å². The number of nitrogens with zero attached hydrogens (tertiary/aromatic N) is 1. The van der Waals surface area contributed by atoms with E-state index in [-0.39, 0.29) is 30.9 Å². The minimum absolute atomic E-state index is 0.0417. The Morgan fingerprint density at radius 1 is 1.32 bits per heavy atom. The van der Waals surface area contributed by atoms with Crippen LogP contribution < -0.4 is 10.6 Å². The van der Waals surface area contributed by atoms with E-state index in [0.29, 0.717) is 11.6 Å². The third-order valence-corrected chi connectivity index (χ3v) is 3.65. The smallest absolute Gasteiger partial charge is 0.239 e. The topological polar surface area (TPSA) is 61.4 Å². The molecule has 5 nitrogen and oxygen atoms in total. The van der Waals surface area contributed by atoms with Crippen molar-refractivity contribution in [1.29, 1.82) is 0 Å². The van der Waals surface area contributed by atoms with Gasteiger partial charge in [-0.25, -0.2) is 0 Å². The molecule has 1 aromatic carbocycles. The summed E-state index contributed by atoms with van der Waals surface area (Å²) < 4.78 is 0. The Morgan fingerprint density at radius 2 is 2.00 bits per heavy atom. The van der Waals surface area contributed by atoms with Crippen LogP contribution in [0, 0.1) is 0 Å². The van der Waals surface area contributed by atoms with Crippen LogP contribution in [0.4, 0.5) is 0 Å². The Labute approximate surface area is 137 Å². The van der Waals surface area contributed by atoms with E-state index in [1.54, 1.807) is 7.05 Å². The fraction of sp³-hybridized carbons (Fsp3) is 0.500. The zero-order valence-electron chi connectivity index (χ0n) is 13.4. The number of carbonyl (C=O) groups excluding carboxylic acids is 2. The van der Waals surface area contributed by atoms with E-state index in [1.807, 2.05) is 38.1 Å². The predicted molar refractivity (Wildman–Crippen MR) is 88.8 cm³/mol. The van der Waals surface area contributed by atoms with Crippen molar-refractivity contribution in [3.8, 4) is 0 Å². The molecule has 6 heteroatoms. The van der Waals surface area contributed by atoms with E-state index < -0.39 is 0 Å². The van der Waals surface area contributed by atoms with Gasteiger partial charge in [0.2, 0.25) is 11.8 Å². The lowest BCUT2D eigenvalue weighted by Gasteiger charge is -2.20. The molecule has 1 aromatic rings. The van der Waals surface area contributed by atoms with Gasteiger partial charge in [-0.3, -0.25) is 9.59 Å². The fourth-order valence-corrected chi connectivity index (χ4v) is 2.23. The van der Waals surface area contributed by atoms with Crippen LogP contribution in [-0.4, -0.2) is 43.4 Å². The average Bonchev–Trinajstić information content (AvgIpc) is 2.50. The second kappa shape index (κ2) is 9.43. The zero-order chi connectivity index (χ0) is 16.5. The van der Waals surface area contributed by atoms with Gasteiger partial charge in [0.05, 0.1) is 13.1 Å². The quantitative estimate of drug-likeness (QED) is 0.768. The number of benzene rings is 1. The van der Waals surface area contributed by atoms with E-state index in [0.717, 1.165) is 12.0 Å². The summed E-state index contributed by atoms with van der Waals surface area (Å²) in [6.07, 6.45) is 0.875. The number of hydrogen-bond acceptors (Lipinski definition) is 3. The van der Waals surface area contributed by atoms with E-state index in [9.17, 15) is 9.59 Å². The Bertz CT molecular complexity index is 508. The number of rotatable bonds is 8. The number of halogens is 1. The molecule has 0 fully saturated rings. The van der Waals surface area contributed by atoms with E-state index >= 15 is 0 Å². The minimum Gasteiger partial charge on any atom is -0.355 e. The molecule has 1 unspecified atom stereocenters. The lowest BCUT2D eigenvalue weighted by atomic mass is 10.1. The molecular weight excluding hydrogens is 302 g/mol. The first-order valence-electron chi connectivity index (χ1n) is 7.44. The van der Waals surface area contributed by atoms with Crippen LogP contribution >= 0.6 is 11.6 Å². The molecule has 2 amide bonds. The third-order valence-electron chi connectivity index (χ3n) is 3.31. The minimum atomic E-state index is -0.142. The van der Waals surface area contributed by atoms with Gasteiger partial charge in [0.15, 0.2) is 0 Å². The van der Waals surface area contributed by atoms with Gasteiger partial charge in [-0.1, -0.05) is 36.7 Å². The first-order chi connectivity index (χ1) is 10.5. The number of likely N-dealkylation sites (N-methyl/N-ethyl adjacent to an activating group) is 1. The van der Waals surface area contributed by atoms with Crippen molar-refractivity contribution < 1.29 is 9.59 Å². The molecule has 0 aromatic heterocycles. The van der Waals surface area contributed by atoms with Gasteiger partial charge in [-0.2, -0.15) is 0 Å². The zero-order valence-corrected chi connectivity index (χ0v) is 14.1. The highest BCUT2D eigenvalue weighted by molar-refractivity contribution is 6.31. The molecule has 2 N–H and O–H groups in total. The summed E-state index contributed by atoms with van der Waals surface area (Å²) in [7, 11) is 1.62. The van der Waals surface area contributed by atoms with Gasteiger partial charge >= 0.3 is 0 Å². The summed E-state index contributed by atoms with van der Waals surface area (Å²) in [5.74, 6) is -0.276. The van der Waals surface area contributed by atoms with Crippen LogP contribution in [0.1, 0.15) is 31.9 Å². The first-order valence-corrected chi connectivity index (χ1v) is 7.82. The molecule has 1 rings (SSSR count). The predicted octanol–water partition coefficient (Wildman–Crippen LogP) is 1.98. The Hall–Kier alpha value is -1.59. The number of amides is 2. The van der Waals surface area contributed by atoms with Crippen LogP contribution in [-0.2, 0) is 9.59 Å². The van der Waals surface area contributed by atoms with Crippen molar-refractivity contribution in [2.75, 3.05) is 26.7 Å². The fourth-order valence-electron chi connectivity index (χ4n) is 1.94. The molecule has 0 heterocycles. The monoisotopic (exact) mass is 325 g/mol. The number of nitrogens with one attached hydrogen (secondary N) is 2. The molecule has 0 bridgehead atoms. The average molecular weight is 326 g/mol. The molecule has 0 radical (unpaired) electrons. The van der Waals surface area contributed by atoms with Crippen LogP contribution in [0.15, 0.2) is 24.3 Å². The van der Waals surface area contributed by atoms with Crippen LogP contribution in [0.25, 0.3) is 0 Å². The lowest BCUT2D eigenvalue weighted by molar-refractivity contribution is -0.134. The van der Waals surface area contributed by atoms with Gasteiger partial charge in [0, 0.05) is 24.7 Å². The molecule has 1 atom stereocenters. The standard InChI is InChI=1S/C16H24ClN3O2/c1-4-9-18-15(21)11-20(3)16(22)10-19-12(2)13-7-5-6-8-14(13)17/h5-8,12,19H,4,9-11H2,1-3H3,(H,18,21). The molecular formula is C16H24ClN3O2. The molecule has 0 saturated carbocycles. The van der Waals surface area contributed by atoms with Crippen molar-refractivity contribution in [2.24, 2.45) is 0 Å². The highest BCUT2D eigenvalue weighted by Gasteiger charge is 2.15. The van der Waals surface area contributed by atoms with Crippen LogP contribution in [0.2, 0.25) is 5.02 Å². The van der Waals surface area contributed by atoms with E-state index in [4.69, 9.17) is 11.6 Å². The van der Waals surface area contributed by atoms with Crippen molar-refractivity contribution in [3.63, 3.8) is 0 Å². The number of hydrogen-bond donors (Lipinski definition) is 2. The summed E-state index contributed by atoms with van der Waals surface area (Å²) in [6, 6.07) is 7.48. The molecule has 22 heavy (non-hydrogen) atoms. The highest BCUT2D eigenvalue weighted by Crippen LogP contribution is 2.21. The van der Waals surface area contributed by atoms with E-state index in [2.05, 4.69) is 10.6 Å². The lowest BCUT2D eigenvalue weighted by Crippen LogP contribution is -2.42. The van der Waals surface area contributed by atoms with Crippen LogP contribution in [0.5, 0.6) is 0 Å². The molecule has 0 aliphatic carbocycles. The van der Waals surface area contributed by atoms with Gasteiger partial charge in [-0.15, -0.1) is 0 Å². The van der Waals surface area contributed by atoms with Gasteiger partial charge < -0.3 is 15.5 Å². The van der Waals surface area contributed by atoms with E-state index in [1.165, 1.54) is 4.90 Å². The number of carbonyl (C=O) groups is 2. The second-order valence-corrected chi connectivity index (χ2v) is 5.63. The summed E-state index contributed by atoms with van der Waals surface area (Å²) in [5, 5.41) is 6.54. The molecule has 0 aliphatic rings. The van der Waals surface area contributed by atoms with Crippen LogP contribution in [0.3, 0.4) is 0 Å². The normalized spacial score (nSPS) is 11.8. The van der Waals surface area contributed by atoms with Gasteiger partial charge in [0.1, 0.15) is 0 Å². The van der Waals surface area contributed by atoms with Gasteiger partial charge in [0.25, 0.3) is 0 Å². The maximum atomic E-state index is 12.0. The Balaban J connectivity index is 2.42. The summed E-state index contributed by atoms with van der Waals surface area (Å²) >= 11 is 6.13.